The van der Waals surface area contributed by atoms with E-state index >= 15 is 0 Å². The maximum Gasteiger partial charge on any atom is 0.146 e. The highest BCUT2D eigenvalue weighted by molar-refractivity contribution is 5.50. The van der Waals surface area contributed by atoms with Crippen LogP contribution in [0.15, 0.2) is 18.2 Å². The average molecular weight is 294 g/mol. The van der Waals surface area contributed by atoms with Crippen molar-refractivity contribution in [3.8, 4) is 0 Å². The highest BCUT2D eigenvalue weighted by atomic mass is 19.1. The van der Waals surface area contributed by atoms with Gasteiger partial charge >= 0.3 is 0 Å². The Bertz CT molecular complexity index is 464. The Hall–Kier alpha value is -1.13. The first kappa shape index (κ1) is 16.2. The molecular formula is C17H27FN2O. The summed E-state index contributed by atoms with van der Waals surface area (Å²) < 4.78 is 20.0. The molecule has 1 aromatic carbocycles. The fraction of sp³-hybridized carbons (Fsp3) is 0.647. The van der Waals surface area contributed by atoms with Gasteiger partial charge in [-0.3, -0.25) is 0 Å². The fourth-order valence-corrected chi connectivity index (χ4v) is 2.64. The summed E-state index contributed by atoms with van der Waals surface area (Å²) in [6, 6.07) is 5.77. The Kier molecular flexibility index (Phi) is 5.59. The van der Waals surface area contributed by atoms with Crippen molar-refractivity contribution in [1.82, 2.24) is 5.32 Å². The first-order chi connectivity index (χ1) is 9.97. The maximum atomic E-state index is 14.4. The maximum absolute atomic E-state index is 14.4. The normalized spacial score (nSPS) is 22.9. The first-order valence-corrected chi connectivity index (χ1v) is 7.84. The van der Waals surface area contributed by atoms with Gasteiger partial charge in [-0.15, -0.1) is 0 Å². The molecule has 0 saturated carbocycles. The number of hydrogen-bond acceptors (Lipinski definition) is 3. The zero-order valence-electron chi connectivity index (χ0n) is 13.5. The molecule has 0 amide bonds. The minimum absolute atomic E-state index is 0.139. The molecule has 2 rings (SSSR count). The van der Waals surface area contributed by atoms with E-state index in [0.29, 0.717) is 24.8 Å². The van der Waals surface area contributed by atoms with Crippen molar-refractivity contribution in [1.29, 1.82) is 0 Å². The van der Waals surface area contributed by atoms with Crippen LogP contribution in [0.25, 0.3) is 0 Å². The molecule has 1 aliphatic heterocycles. The van der Waals surface area contributed by atoms with Gasteiger partial charge in [-0.05, 0) is 44.0 Å². The van der Waals surface area contributed by atoms with Crippen LogP contribution >= 0.6 is 0 Å². The van der Waals surface area contributed by atoms with Gasteiger partial charge in [0.1, 0.15) is 5.82 Å². The predicted octanol–water partition coefficient (Wildman–Crippen LogP) is 3.18. The zero-order valence-corrected chi connectivity index (χ0v) is 13.5. The number of ether oxygens (including phenoxy) is 1. The van der Waals surface area contributed by atoms with Crippen molar-refractivity contribution in [3.63, 3.8) is 0 Å². The van der Waals surface area contributed by atoms with E-state index in [0.717, 1.165) is 18.7 Å². The topological polar surface area (TPSA) is 24.5 Å². The minimum Gasteiger partial charge on any atom is -0.375 e. The number of nitrogens with zero attached hydrogens (tertiary/aromatic N) is 1. The molecule has 1 aromatic rings. The summed E-state index contributed by atoms with van der Waals surface area (Å²) in [5, 5.41) is 3.34. The zero-order chi connectivity index (χ0) is 15.4. The van der Waals surface area contributed by atoms with Gasteiger partial charge in [0.25, 0.3) is 0 Å². The van der Waals surface area contributed by atoms with Crippen LogP contribution in [0.1, 0.15) is 33.3 Å². The average Bonchev–Trinajstić information content (AvgIpc) is 2.42. The number of nitrogens with one attached hydrogen (secondary N) is 1. The summed E-state index contributed by atoms with van der Waals surface area (Å²) in [5.74, 6) is 0.463. The van der Waals surface area contributed by atoms with Crippen molar-refractivity contribution < 1.29 is 9.13 Å². The van der Waals surface area contributed by atoms with Crippen molar-refractivity contribution in [2.45, 2.75) is 46.4 Å². The lowest BCUT2D eigenvalue weighted by Crippen LogP contribution is -2.47. The number of hydrogen-bond donors (Lipinski definition) is 1. The van der Waals surface area contributed by atoms with E-state index in [1.54, 1.807) is 6.07 Å². The Balaban J connectivity index is 2.04. The molecule has 21 heavy (non-hydrogen) atoms. The summed E-state index contributed by atoms with van der Waals surface area (Å²) >= 11 is 0. The molecule has 0 bridgehead atoms. The van der Waals surface area contributed by atoms with Gasteiger partial charge in [-0.2, -0.15) is 0 Å². The molecule has 0 aromatic heterocycles. The van der Waals surface area contributed by atoms with E-state index in [2.05, 4.69) is 31.0 Å². The lowest BCUT2D eigenvalue weighted by atomic mass is 10.1. The Morgan fingerprint density at radius 1 is 1.38 bits per heavy atom. The molecular weight excluding hydrogens is 267 g/mol. The van der Waals surface area contributed by atoms with Gasteiger partial charge in [0.05, 0.1) is 18.4 Å². The van der Waals surface area contributed by atoms with Crippen molar-refractivity contribution in [2.75, 3.05) is 24.6 Å². The number of rotatable bonds is 5. The largest absolute Gasteiger partial charge is 0.375 e. The van der Waals surface area contributed by atoms with Crippen LogP contribution in [-0.2, 0) is 11.3 Å². The highest BCUT2D eigenvalue weighted by Crippen LogP contribution is 2.25. The van der Waals surface area contributed by atoms with E-state index < -0.39 is 0 Å². The summed E-state index contributed by atoms with van der Waals surface area (Å²) in [7, 11) is 0. The monoisotopic (exact) mass is 294 g/mol. The molecule has 118 valence electrons. The summed E-state index contributed by atoms with van der Waals surface area (Å²) in [6.45, 7) is 11.5. The second-order valence-electron chi connectivity index (χ2n) is 6.46. The highest BCUT2D eigenvalue weighted by Gasteiger charge is 2.25. The van der Waals surface area contributed by atoms with Crippen LogP contribution < -0.4 is 10.2 Å². The van der Waals surface area contributed by atoms with Crippen LogP contribution in [0.3, 0.4) is 0 Å². The third-order valence-electron chi connectivity index (χ3n) is 3.81. The van der Waals surface area contributed by atoms with Gasteiger partial charge in [0.2, 0.25) is 0 Å². The fourth-order valence-electron chi connectivity index (χ4n) is 2.64. The first-order valence-electron chi connectivity index (χ1n) is 7.84. The van der Waals surface area contributed by atoms with Crippen molar-refractivity contribution in [3.05, 3.63) is 29.6 Å². The van der Waals surface area contributed by atoms with Gasteiger partial charge in [0, 0.05) is 19.1 Å². The molecule has 2 unspecified atom stereocenters. The quantitative estimate of drug-likeness (QED) is 0.902. The summed E-state index contributed by atoms with van der Waals surface area (Å²) in [5.41, 5.74) is 1.68. The lowest BCUT2D eigenvalue weighted by Gasteiger charge is -2.38. The van der Waals surface area contributed by atoms with Crippen LogP contribution in [0.2, 0.25) is 0 Å². The number of morpholine rings is 1. The van der Waals surface area contributed by atoms with Crippen molar-refractivity contribution >= 4 is 5.69 Å². The van der Waals surface area contributed by atoms with E-state index in [-0.39, 0.29) is 18.0 Å². The molecule has 1 heterocycles. The number of halogens is 1. The van der Waals surface area contributed by atoms with Gasteiger partial charge < -0.3 is 15.0 Å². The van der Waals surface area contributed by atoms with E-state index in [4.69, 9.17) is 4.74 Å². The van der Waals surface area contributed by atoms with Crippen LogP contribution in [0, 0.1) is 11.7 Å². The molecule has 1 N–H and O–H groups in total. The van der Waals surface area contributed by atoms with E-state index in [9.17, 15) is 4.39 Å². The van der Waals surface area contributed by atoms with Crippen LogP contribution in [0.4, 0.5) is 10.1 Å². The van der Waals surface area contributed by atoms with Gasteiger partial charge in [-0.25, -0.2) is 4.39 Å². The molecule has 1 saturated heterocycles. The lowest BCUT2D eigenvalue weighted by molar-refractivity contribution is 0.0341. The number of benzene rings is 1. The summed E-state index contributed by atoms with van der Waals surface area (Å²) in [6.07, 6.45) is 0.146. The van der Waals surface area contributed by atoms with Gasteiger partial charge in [-0.1, -0.05) is 19.9 Å². The Morgan fingerprint density at radius 2 is 2.14 bits per heavy atom. The molecule has 3 nitrogen and oxygen atoms in total. The van der Waals surface area contributed by atoms with E-state index in [1.807, 2.05) is 19.1 Å². The minimum atomic E-state index is -0.139. The van der Waals surface area contributed by atoms with Crippen LogP contribution in [0.5, 0.6) is 0 Å². The summed E-state index contributed by atoms with van der Waals surface area (Å²) in [4.78, 5) is 2.11. The van der Waals surface area contributed by atoms with Crippen LogP contribution in [-0.4, -0.2) is 31.8 Å². The standard InChI is InChI=1S/C17H27FN2O/c1-12(2)8-19-9-15-5-6-17(16(18)7-15)20-10-14(4)21-11-13(20)3/h5-7,12-14,19H,8-11H2,1-4H3. The predicted molar refractivity (Wildman–Crippen MR) is 85.2 cm³/mol. The SMILES string of the molecule is CC(C)CNCc1ccc(N2CC(C)OCC2C)c(F)c1. The molecule has 1 aliphatic rings. The molecule has 0 radical (unpaired) electrons. The van der Waals surface area contributed by atoms with Crippen molar-refractivity contribution in [2.24, 2.45) is 5.92 Å². The van der Waals surface area contributed by atoms with Gasteiger partial charge in [0.15, 0.2) is 0 Å². The molecule has 1 fully saturated rings. The second kappa shape index (κ2) is 7.23. The molecule has 0 spiro atoms. The second-order valence-corrected chi connectivity index (χ2v) is 6.46. The third-order valence-corrected chi connectivity index (χ3v) is 3.81. The third kappa shape index (κ3) is 4.42. The smallest absolute Gasteiger partial charge is 0.146 e. The molecule has 0 aliphatic carbocycles. The molecule has 2 atom stereocenters. The molecule has 4 heteroatoms. The Labute approximate surface area is 127 Å². The number of anilines is 1. The Morgan fingerprint density at radius 3 is 2.81 bits per heavy atom. The van der Waals surface area contributed by atoms with E-state index in [1.165, 1.54) is 0 Å².